The van der Waals surface area contributed by atoms with Crippen LogP contribution in [0.25, 0.3) is 6.08 Å². The van der Waals surface area contributed by atoms with E-state index >= 15 is 0 Å². The van der Waals surface area contributed by atoms with Crippen molar-refractivity contribution >= 4 is 29.6 Å². The van der Waals surface area contributed by atoms with Gasteiger partial charge in [0.1, 0.15) is 5.76 Å². The first-order valence-corrected chi connectivity index (χ1v) is 8.16. The molecule has 27 heavy (non-hydrogen) atoms. The van der Waals surface area contributed by atoms with Gasteiger partial charge < -0.3 is 14.8 Å². The number of furan rings is 1. The van der Waals surface area contributed by atoms with Crippen LogP contribution in [0.5, 0.6) is 0 Å². The van der Waals surface area contributed by atoms with Crippen molar-refractivity contribution < 1.29 is 23.9 Å². The highest BCUT2D eigenvalue weighted by atomic mass is 16.4. The minimum Gasteiger partial charge on any atom is -0.481 e. The molecule has 2 amide bonds. The molecule has 0 bridgehead atoms. The largest absolute Gasteiger partial charge is 0.481 e. The molecule has 1 aromatic heterocycles. The third-order valence-electron chi connectivity index (χ3n) is 3.36. The predicted octanol–water partition coefficient (Wildman–Crippen LogP) is 1.79. The fourth-order valence-corrected chi connectivity index (χ4v) is 2.06. The fourth-order valence-electron chi connectivity index (χ4n) is 2.06. The van der Waals surface area contributed by atoms with E-state index in [2.05, 4.69) is 15.8 Å². The maximum Gasteiger partial charge on any atom is 0.303 e. The molecule has 1 aromatic carbocycles. The number of nitrogens with one attached hydrogen (secondary N) is 2. The summed E-state index contributed by atoms with van der Waals surface area (Å²) in [4.78, 5) is 34.3. The zero-order chi connectivity index (χ0) is 19.5. The molecular weight excluding hydrogens is 350 g/mol. The quantitative estimate of drug-likeness (QED) is 0.353. The van der Waals surface area contributed by atoms with Crippen LogP contribution < -0.4 is 10.7 Å². The predicted molar refractivity (Wildman–Crippen MR) is 98.7 cm³/mol. The Kier molecular flexibility index (Phi) is 7.52. The number of rotatable bonds is 9. The van der Waals surface area contributed by atoms with E-state index in [1.54, 1.807) is 36.4 Å². The van der Waals surface area contributed by atoms with Gasteiger partial charge in [-0.1, -0.05) is 30.3 Å². The maximum atomic E-state index is 11.9. The molecule has 1 heterocycles. The van der Waals surface area contributed by atoms with E-state index in [0.717, 1.165) is 0 Å². The first kappa shape index (κ1) is 19.6. The van der Waals surface area contributed by atoms with Crippen LogP contribution in [0.3, 0.4) is 0 Å². The number of hydrogen-bond donors (Lipinski definition) is 3. The van der Waals surface area contributed by atoms with Crippen LogP contribution in [0.2, 0.25) is 0 Å². The van der Waals surface area contributed by atoms with Gasteiger partial charge >= 0.3 is 5.97 Å². The lowest BCUT2D eigenvalue weighted by molar-refractivity contribution is -0.136. The molecule has 140 valence electrons. The van der Waals surface area contributed by atoms with Crippen molar-refractivity contribution in [2.75, 3.05) is 6.54 Å². The highest BCUT2D eigenvalue weighted by Gasteiger charge is 2.08. The molecule has 0 spiro atoms. The number of benzene rings is 1. The van der Waals surface area contributed by atoms with Crippen molar-refractivity contribution in [1.82, 2.24) is 10.7 Å². The Morgan fingerprint density at radius 1 is 1.07 bits per heavy atom. The molecule has 0 fully saturated rings. The lowest BCUT2D eigenvalue weighted by Gasteiger charge is -2.07. The number of hydrogen-bond acceptors (Lipinski definition) is 5. The lowest BCUT2D eigenvalue weighted by Crippen LogP contribution is -2.34. The van der Waals surface area contributed by atoms with Crippen LogP contribution >= 0.6 is 0 Å². The topological polar surface area (TPSA) is 121 Å². The number of amides is 2. The van der Waals surface area contributed by atoms with E-state index < -0.39 is 17.8 Å². The van der Waals surface area contributed by atoms with Gasteiger partial charge in [-0.05, 0) is 23.8 Å². The standard InChI is InChI=1S/C19H19N3O5/c23-17(10-8-15-7-4-12-27-15)20-13-18(24)22-21-16(9-11-19(25)26)14-5-2-1-3-6-14/h1-8,10,12H,9,11,13H2,(H,20,23)(H,22,24)(H,25,26). The van der Waals surface area contributed by atoms with Crippen LogP contribution in [-0.4, -0.2) is 35.1 Å². The zero-order valence-electron chi connectivity index (χ0n) is 14.4. The molecule has 0 radical (unpaired) electrons. The Morgan fingerprint density at radius 3 is 2.52 bits per heavy atom. The van der Waals surface area contributed by atoms with Crippen molar-refractivity contribution in [3.05, 3.63) is 66.1 Å². The first-order chi connectivity index (χ1) is 13.0. The Morgan fingerprint density at radius 2 is 1.85 bits per heavy atom. The Hall–Kier alpha value is -3.68. The van der Waals surface area contributed by atoms with Gasteiger partial charge in [0.25, 0.3) is 5.91 Å². The summed E-state index contributed by atoms with van der Waals surface area (Å²) in [5, 5.41) is 15.3. The van der Waals surface area contributed by atoms with Gasteiger partial charge in [0.2, 0.25) is 5.91 Å². The van der Waals surface area contributed by atoms with E-state index in [1.165, 1.54) is 18.4 Å². The van der Waals surface area contributed by atoms with E-state index in [1.807, 2.05) is 6.07 Å². The summed E-state index contributed by atoms with van der Waals surface area (Å²) in [5.41, 5.74) is 3.48. The van der Waals surface area contributed by atoms with Crippen LogP contribution in [0.4, 0.5) is 0 Å². The molecule has 0 atom stereocenters. The number of aliphatic carboxylic acids is 1. The Bertz CT molecular complexity index is 826. The number of nitrogens with zero attached hydrogens (tertiary/aromatic N) is 1. The number of carbonyl (C=O) groups is 3. The number of carboxylic acids is 1. The Balaban J connectivity index is 1.87. The van der Waals surface area contributed by atoms with E-state index in [-0.39, 0.29) is 19.4 Å². The van der Waals surface area contributed by atoms with Crippen LogP contribution in [-0.2, 0) is 14.4 Å². The average Bonchev–Trinajstić information content (AvgIpc) is 3.19. The van der Waals surface area contributed by atoms with Crippen molar-refractivity contribution in [2.45, 2.75) is 12.8 Å². The van der Waals surface area contributed by atoms with Gasteiger partial charge in [0, 0.05) is 12.5 Å². The summed E-state index contributed by atoms with van der Waals surface area (Å²) in [7, 11) is 0. The van der Waals surface area contributed by atoms with Gasteiger partial charge in [0.15, 0.2) is 0 Å². The van der Waals surface area contributed by atoms with Gasteiger partial charge in [0.05, 0.1) is 24.9 Å². The molecule has 0 aliphatic heterocycles. The minimum absolute atomic E-state index is 0.113. The molecular formula is C19H19N3O5. The number of hydrazone groups is 1. The summed E-state index contributed by atoms with van der Waals surface area (Å²) in [6, 6.07) is 12.3. The second-order valence-corrected chi connectivity index (χ2v) is 5.42. The molecule has 2 rings (SSSR count). The monoisotopic (exact) mass is 369 g/mol. The molecule has 0 saturated heterocycles. The van der Waals surface area contributed by atoms with Crippen molar-refractivity contribution in [3.63, 3.8) is 0 Å². The summed E-state index contributed by atoms with van der Waals surface area (Å²) < 4.78 is 5.05. The molecule has 0 aliphatic rings. The highest BCUT2D eigenvalue weighted by molar-refractivity contribution is 6.02. The number of carboxylic acid groups (broad SMARTS) is 1. The van der Waals surface area contributed by atoms with E-state index in [9.17, 15) is 14.4 Å². The summed E-state index contributed by atoms with van der Waals surface area (Å²) >= 11 is 0. The molecule has 0 unspecified atom stereocenters. The summed E-state index contributed by atoms with van der Waals surface area (Å²) in [6.45, 7) is -0.272. The normalized spacial score (nSPS) is 11.3. The molecule has 0 saturated carbocycles. The van der Waals surface area contributed by atoms with E-state index in [0.29, 0.717) is 17.0 Å². The first-order valence-electron chi connectivity index (χ1n) is 8.16. The molecule has 8 heteroatoms. The van der Waals surface area contributed by atoms with Crippen LogP contribution in [0, 0.1) is 0 Å². The molecule has 8 nitrogen and oxygen atoms in total. The summed E-state index contributed by atoms with van der Waals surface area (Å²) in [6.07, 6.45) is 4.26. The van der Waals surface area contributed by atoms with Crippen molar-refractivity contribution in [3.8, 4) is 0 Å². The fraction of sp³-hybridized carbons (Fsp3) is 0.158. The SMILES string of the molecule is O=C(O)CCC(=NNC(=O)CNC(=O)C=Cc1ccco1)c1ccccc1. The number of carbonyl (C=O) groups excluding carboxylic acids is 2. The third-order valence-corrected chi connectivity index (χ3v) is 3.36. The van der Waals surface area contributed by atoms with Gasteiger partial charge in [-0.15, -0.1) is 0 Å². The summed E-state index contributed by atoms with van der Waals surface area (Å²) in [5.74, 6) is -1.43. The molecule has 0 aliphatic carbocycles. The zero-order valence-corrected chi connectivity index (χ0v) is 14.4. The second kappa shape index (κ2) is 10.3. The highest BCUT2D eigenvalue weighted by Crippen LogP contribution is 2.06. The van der Waals surface area contributed by atoms with Crippen LogP contribution in [0.15, 0.2) is 64.3 Å². The van der Waals surface area contributed by atoms with Gasteiger partial charge in [-0.25, -0.2) is 5.43 Å². The Labute approximate surface area is 155 Å². The van der Waals surface area contributed by atoms with Gasteiger partial charge in [-0.3, -0.25) is 14.4 Å². The van der Waals surface area contributed by atoms with Crippen molar-refractivity contribution in [2.24, 2.45) is 5.10 Å². The van der Waals surface area contributed by atoms with Crippen molar-refractivity contribution in [1.29, 1.82) is 0 Å². The lowest BCUT2D eigenvalue weighted by atomic mass is 10.1. The smallest absolute Gasteiger partial charge is 0.303 e. The molecule has 2 aromatic rings. The minimum atomic E-state index is -0.958. The average molecular weight is 369 g/mol. The van der Waals surface area contributed by atoms with E-state index in [4.69, 9.17) is 9.52 Å². The maximum absolute atomic E-state index is 11.9. The van der Waals surface area contributed by atoms with Crippen LogP contribution in [0.1, 0.15) is 24.2 Å². The second-order valence-electron chi connectivity index (χ2n) is 5.42. The third kappa shape index (κ3) is 7.39. The van der Waals surface area contributed by atoms with Gasteiger partial charge in [-0.2, -0.15) is 5.10 Å². The molecule has 3 N–H and O–H groups in total.